The van der Waals surface area contributed by atoms with Crippen molar-refractivity contribution in [3.8, 4) is 5.75 Å². The number of ether oxygens (including phenoxy) is 1. The quantitative estimate of drug-likeness (QED) is 0.700. The fourth-order valence-electron chi connectivity index (χ4n) is 1.18. The molecule has 0 saturated carbocycles. The molecule has 0 unspecified atom stereocenters. The molecule has 0 amide bonds. The number of benzene rings is 1. The van der Waals surface area contributed by atoms with Crippen LogP contribution in [-0.4, -0.2) is 13.2 Å². The van der Waals surface area contributed by atoms with Crippen LogP contribution in [0.5, 0.6) is 5.75 Å². The van der Waals surface area contributed by atoms with Gasteiger partial charge in [-0.1, -0.05) is 18.2 Å². The number of nitrogens with two attached hydrogens (primary N) is 1. The Morgan fingerprint density at radius 3 is 2.77 bits per heavy atom. The van der Waals surface area contributed by atoms with E-state index in [1.807, 2.05) is 31.2 Å². The van der Waals surface area contributed by atoms with E-state index in [-0.39, 0.29) is 0 Å². The maximum atomic E-state index is 5.44. The van der Waals surface area contributed by atoms with Crippen LogP contribution in [0.15, 0.2) is 24.3 Å². The molecule has 0 fully saturated rings. The molecule has 0 atom stereocenters. The maximum Gasteiger partial charge on any atom is 0.122 e. The highest BCUT2D eigenvalue weighted by Crippen LogP contribution is 2.17. The zero-order valence-corrected chi connectivity index (χ0v) is 7.82. The summed E-state index contributed by atoms with van der Waals surface area (Å²) in [6.07, 6.45) is 0.784. The van der Waals surface area contributed by atoms with E-state index >= 15 is 0 Å². The molecule has 0 bridgehead atoms. The molecule has 2 N–H and O–H groups in total. The van der Waals surface area contributed by atoms with Gasteiger partial charge in [-0.05, 0) is 18.6 Å². The van der Waals surface area contributed by atoms with Crippen molar-refractivity contribution < 1.29 is 9.57 Å². The second kappa shape index (κ2) is 5.56. The van der Waals surface area contributed by atoms with Crippen molar-refractivity contribution in [3.63, 3.8) is 0 Å². The predicted octanol–water partition coefficient (Wildman–Crippen LogP) is 1.52. The van der Waals surface area contributed by atoms with Crippen LogP contribution in [0.3, 0.4) is 0 Å². The SMILES string of the molecule is CCOc1ccccc1CCON. The van der Waals surface area contributed by atoms with Gasteiger partial charge in [0.2, 0.25) is 0 Å². The number of rotatable bonds is 5. The van der Waals surface area contributed by atoms with Gasteiger partial charge in [0.05, 0.1) is 13.2 Å². The van der Waals surface area contributed by atoms with Gasteiger partial charge in [0.1, 0.15) is 5.75 Å². The molecule has 0 radical (unpaired) electrons. The predicted molar refractivity (Wildman–Crippen MR) is 51.5 cm³/mol. The fourth-order valence-corrected chi connectivity index (χ4v) is 1.18. The van der Waals surface area contributed by atoms with Crippen molar-refractivity contribution in [1.29, 1.82) is 0 Å². The van der Waals surface area contributed by atoms with Crippen LogP contribution in [0.2, 0.25) is 0 Å². The van der Waals surface area contributed by atoms with Gasteiger partial charge in [0.25, 0.3) is 0 Å². The van der Waals surface area contributed by atoms with Gasteiger partial charge in [-0.15, -0.1) is 0 Å². The summed E-state index contributed by atoms with van der Waals surface area (Å²) in [7, 11) is 0. The Hall–Kier alpha value is -1.06. The number of hydrogen-bond acceptors (Lipinski definition) is 3. The van der Waals surface area contributed by atoms with Crippen molar-refractivity contribution in [2.45, 2.75) is 13.3 Å². The van der Waals surface area contributed by atoms with Gasteiger partial charge in [-0.2, -0.15) is 0 Å². The first kappa shape index (κ1) is 10.0. The molecule has 1 aromatic rings. The van der Waals surface area contributed by atoms with Crippen LogP contribution in [0, 0.1) is 0 Å². The van der Waals surface area contributed by atoms with Crippen LogP contribution in [0.1, 0.15) is 12.5 Å². The summed E-state index contributed by atoms with van der Waals surface area (Å²) < 4.78 is 5.44. The summed E-state index contributed by atoms with van der Waals surface area (Å²) in [6, 6.07) is 7.91. The standard InChI is InChI=1S/C10H15NO2/c1-2-12-10-6-4-3-5-9(10)7-8-13-11/h3-6H,2,7-8,11H2,1H3. The third-order valence-corrected chi connectivity index (χ3v) is 1.76. The molecule has 0 aliphatic rings. The second-order valence-electron chi connectivity index (χ2n) is 2.66. The average Bonchev–Trinajstić information content (AvgIpc) is 2.17. The molecule has 72 valence electrons. The molecule has 0 aliphatic heterocycles. The molecule has 0 aliphatic carbocycles. The van der Waals surface area contributed by atoms with Gasteiger partial charge < -0.3 is 9.57 Å². The van der Waals surface area contributed by atoms with Crippen molar-refractivity contribution >= 4 is 0 Å². The minimum absolute atomic E-state index is 0.518. The minimum Gasteiger partial charge on any atom is -0.494 e. The van der Waals surface area contributed by atoms with E-state index in [4.69, 9.17) is 10.6 Å². The second-order valence-corrected chi connectivity index (χ2v) is 2.66. The fraction of sp³-hybridized carbons (Fsp3) is 0.400. The molecule has 0 heterocycles. The van der Waals surface area contributed by atoms with E-state index in [1.165, 1.54) is 0 Å². The first-order chi connectivity index (χ1) is 6.38. The van der Waals surface area contributed by atoms with Crippen LogP contribution < -0.4 is 10.6 Å². The summed E-state index contributed by atoms with van der Waals surface area (Å²) in [5.41, 5.74) is 1.13. The third-order valence-electron chi connectivity index (χ3n) is 1.76. The molecule has 0 spiro atoms. The van der Waals surface area contributed by atoms with Gasteiger partial charge in [-0.3, -0.25) is 0 Å². The van der Waals surface area contributed by atoms with Crippen molar-refractivity contribution in [2.24, 2.45) is 5.90 Å². The van der Waals surface area contributed by atoms with E-state index < -0.39 is 0 Å². The highest BCUT2D eigenvalue weighted by Gasteiger charge is 2.00. The van der Waals surface area contributed by atoms with Gasteiger partial charge in [0, 0.05) is 6.42 Å². The highest BCUT2D eigenvalue weighted by molar-refractivity contribution is 5.33. The van der Waals surface area contributed by atoms with Crippen LogP contribution >= 0.6 is 0 Å². The molecule has 1 aromatic carbocycles. The van der Waals surface area contributed by atoms with Crippen molar-refractivity contribution in [2.75, 3.05) is 13.2 Å². The Labute approximate surface area is 78.4 Å². The van der Waals surface area contributed by atoms with Crippen molar-refractivity contribution in [3.05, 3.63) is 29.8 Å². The Morgan fingerprint density at radius 1 is 1.31 bits per heavy atom. The maximum absolute atomic E-state index is 5.44. The summed E-state index contributed by atoms with van der Waals surface area (Å²) in [5.74, 6) is 5.88. The summed E-state index contributed by atoms with van der Waals surface area (Å²) in [6.45, 7) is 3.17. The third kappa shape index (κ3) is 3.05. The van der Waals surface area contributed by atoms with Gasteiger partial charge in [-0.25, -0.2) is 5.90 Å². The summed E-state index contributed by atoms with van der Waals surface area (Å²) in [5, 5.41) is 0. The Bertz CT molecular complexity index is 250. The van der Waals surface area contributed by atoms with Crippen LogP contribution in [0.4, 0.5) is 0 Å². The van der Waals surface area contributed by atoms with Gasteiger partial charge in [0.15, 0.2) is 0 Å². The van der Waals surface area contributed by atoms with E-state index in [2.05, 4.69) is 4.84 Å². The minimum atomic E-state index is 0.518. The lowest BCUT2D eigenvalue weighted by molar-refractivity contribution is 0.140. The van der Waals surface area contributed by atoms with E-state index in [0.29, 0.717) is 13.2 Å². The van der Waals surface area contributed by atoms with E-state index in [0.717, 1.165) is 17.7 Å². The highest BCUT2D eigenvalue weighted by atomic mass is 16.6. The first-order valence-electron chi connectivity index (χ1n) is 4.41. The number of para-hydroxylation sites is 1. The lowest BCUT2D eigenvalue weighted by atomic mass is 10.1. The monoisotopic (exact) mass is 181 g/mol. The molecule has 0 aromatic heterocycles. The summed E-state index contributed by atoms with van der Waals surface area (Å²) >= 11 is 0. The summed E-state index contributed by atoms with van der Waals surface area (Å²) in [4.78, 5) is 4.52. The van der Waals surface area contributed by atoms with Crippen molar-refractivity contribution in [1.82, 2.24) is 0 Å². The zero-order valence-electron chi connectivity index (χ0n) is 7.82. The first-order valence-corrected chi connectivity index (χ1v) is 4.41. The Kier molecular flexibility index (Phi) is 4.29. The normalized spacial score (nSPS) is 10.0. The lowest BCUT2D eigenvalue weighted by Gasteiger charge is -2.08. The van der Waals surface area contributed by atoms with Gasteiger partial charge >= 0.3 is 0 Å². The lowest BCUT2D eigenvalue weighted by Crippen LogP contribution is -2.05. The molecular weight excluding hydrogens is 166 g/mol. The molecule has 3 nitrogen and oxygen atoms in total. The molecule has 13 heavy (non-hydrogen) atoms. The number of hydrogen-bond donors (Lipinski definition) is 1. The van der Waals surface area contributed by atoms with Crippen LogP contribution in [-0.2, 0) is 11.3 Å². The van der Waals surface area contributed by atoms with E-state index in [9.17, 15) is 0 Å². The molecular formula is C10H15NO2. The van der Waals surface area contributed by atoms with Crippen LogP contribution in [0.25, 0.3) is 0 Å². The molecule has 3 heteroatoms. The molecule has 0 saturated heterocycles. The largest absolute Gasteiger partial charge is 0.494 e. The topological polar surface area (TPSA) is 44.5 Å². The Balaban J connectivity index is 2.66. The van der Waals surface area contributed by atoms with E-state index in [1.54, 1.807) is 0 Å². The molecule has 1 rings (SSSR count). The zero-order chi connectivity index (χ0) is 9.52. The smallest absolute Gasteiger partial charge is 0.122 e. The average molecular weight is 181 g/mol. The Morgan fingerprint density at radius 2 is 2.08 bits per heavy atom.